The van der Waals surface area contributed by atoms with Crippen LogP contribution in [-0.4, -0.2) is 43.9 Å². The zero-order valence-corrected chi connectivity index (χ0v) is 21.6. The summed E-state index contributed by atoms with van der Waals surface area (Å²) in [7, 11) is -2.89. The number of nitro benzene ring substituents is 1. The van der Waals surface area contributed by atoms with E-state index in [2.05, 4.69) is 10.3 Å². The van der Waals surface area contributed by atoms with E-state index >= 15 is 0 Å². The normalized spacial score (nSPS) is 11.2. The third-order valence-corrected chi connectivity index (χ3v) is 8.21. The minimum atomic E-state index is -4.15. The number of ether oxygens (including phenoxy) is 1. The average Bonchev–Trinajstić information content (AvgIpc) is 3.28. The van der Waals surface area contributed by atoms with Crippen LogP contribution >= 0.6 is 22.9 Å². The second-order valence-electron chi connectivity index (χ2n) is 7.64. The summed E-state index contributed by atoms with van der Waals surface area (Å²) < 4.78 is 45.7. The SMILES string of the molecule is CN(c1ccc(F)cc1)S(=O)(=O)c1ccc(Cl)c(C(=O)OCC(=O)Nc2nc3ccc([N+](=O)[O-])cc3s2)c1. The first-order valence-corrected chi connectivity index (χ1v) is 13.1. The predicted octanol–water partition coefficient (Wildman–Crippen LogP) is 4.62. The lowest BCUT2D eigenvalue weighted by Crippen LogP contribution is -2.27. The van der Waals surface area contributed by atoms with Crippen LogP contribution in [0.1, 0.15) is 10.4 Å². The van der Waals surface area contributed by atoms with Crippen molar-refractivity contribution < 1.29 is 32.1 Å². The number of nitrogens with one attached hydrogen (secondary N) is 1. The predicted molar refractivity (Wildman–Crippen MR) is 139 cm³/mol. The molecule has 0 aliphatic rings. The van der Waals surface area contributed by atoms with Crippen LogP contribution in [0.3, 0.4) is 0 Å². The summed E-state index contributed by atoms with van der Waals surface area (Å²) in [5.74, 6) is -2.33. The molecule has 0 radical (unpaired) electrons. The zero-order valence-electron chi connectivity index (χ0n) is 19.3. The Bertz CT molecular complexity index is 1680. The summed E-state index contributed by atoms with van der Waals surface area (Å²) in [5, 5.41) is 13.4. The summed E-state index contributed by atoms with van der Waals surface area (Å²) in [4.78, 5) is 39.1. The van der Waals surface area contributed by atoms with Crippen LogP contribution in [0.5, 0.6) is 0 Å². The minimum Gasteiger partial charge on any atom is -0.452 e. The van der Waals surface area contributed by atoms with Crippen LogP contribution in [0.25, 0.3) is 10.2 Å². The molecule has 0 bridgehead atoms. The van der Waals surface area contributed by atoms with Crippen molar-refractivity contribution in [1.29, 1.82) is 0 Å². The number of carbonyl (C=O) groups is 2. The molecule has 0 saturated heterocycles. The number of thiazole rings is 1. The lowest BCUT2D eigenvalue weighted by Gasteiger charge is -2.20. The first-order valence-electron chi connectivity index (χ1n) is 10.5. The van der Waals surface area contributed by atoms with Crippen molar-refractivity contribution in [2.75, 3.05) is 23.3 Å². The Labute approximate surface area is 223 Å². The van der Waals surface area contributed by atoms with Gasteiger partial charge in [-0.05, 0) is 48.5 Å². The number of fused-ring (bicyclic) bond motifs is 1. The molecule has 11 nitrogen and oxygen atoms in total. The highest BCUT2D eigenvalue weighted by molar-refractivity contribution is 7.92. The molecule has 1 amide bonds. The Morgan fingerprint density at radius 2 is 1.87 bits per heavy atom. The number of anilines is 2. The number of hydrogen-bond acceptors (Lipinski definition) is 9. The van der Waals surface area contributed by atoms with E-state index in [1.165, 1.54) is 49.5 Å². The Kier molecular flexibility index (Phi) is 7.57. The van der Waals surface area contributed by atoms with E-state index in [-0.39, 0.29) is 32.0 Å². The molecule has 196 valence electrons. The van der Waals surface area contributed by atoms with Crippen molar-refractivity contribution in [2.24, 2.45) is 0 Å². The van der Waals surface area contributed by atoms with Crippen LogP contribution in [0.15, 0.2) is 65.6 Å². The molecule has 38 heavy (non-hydrogen) atoms. The topological polar surface area (TPSA) is 149 Å². The van der Waals surface area contributed by atoms with Gasteiger partial charge in [0.05, 0.1) is 36.3 Å². The summed E-state index contributed by atoms with van der Waals surface area (Å²) in [6, 6.07) is 12.2. The molecule has 1 N–H and O–H groups in total. The quantitative estimate of drug-likeness (QED) is 0.181. The molecule has 15 heteroatoms. The largest absolute Gasteiger partial charge is 0.452 e. The number of hydrogen-bond donors (Lipinski definition) is 1. The van der Waals surface area contributed by atoms with Crippen molar-refractivity contribution >= 4 is 71.6 Å². The van der Waals surface area contributed by atoms with Gasteiger partial charge in [-0.15, -0.1) is 0 Å². The fourth-order valence-corrected chi connectivity index (χ4v) is 5.55. The van der Waals surface area contributed by atoms with Gasteiger partial charge in [0.25, 0.3) is 21.6 Å². The number of carbonyl (C=O) groups excluding carboxylic acids is 2. The second-order valence-corrected chi connectivity index (χ2v) is 11.1. The first-order chi connectivity index (χ1) is 18.0. The Morgan fingerprint density at radius 3 is 2.55 bits per heavy atom. The van der Waals surface area contributed by atoms with Gasteiger partial charge in [-0.3, -0.25) is 24.5 Å². The number of halogens is 2. The van der Waals surface area contributed by atoms with Gasteiger partial charge in [0, 0.05) is 19.2 Å². The molecule has 0 atom stereocenters. The fraction of sp³-hybridized carbons (Fsp3) is 0.0870. The molecule has 0 aliphatic heterocycles. The second kappa shape index (κ2) is 10.7. The smallest absolute Gasteiger partial charge is 0.340 e. The molecule has 3 aromatic carbocycles. The van der Waals surface area contributed by atoms with Gasteiger partial charge in [0.1, 0.15) is 5.82 Å². The Balaban J connectivity index is 1.44. The van der Waals surface area contributed by atoms with E-state index in [1.807, 2.05) is 0 Å². The fourth-order valence-electron chi connectivity index (χ4n) is 3.21. The number of non-ortho nitro benzene ring substituents is 1. The van der Waals surface area contributed by atoms with E-state index < -0.39 is 39.2 Å². The molecule has 0 fully saturated rings. The first kappa shape index (κ1) is 26.9. The number of nitro groups is 1. The molecule has 0 aliphatic carbocycles. The van der Waals surface area contributed by atoms with Crippen molar-refractivity contribution in [3.8, 4) is 0 Å². The zero-order chi connectivity index (χ0) is 27.6. The number of esters is 1. The molecular formula is C23H16ClFN4O7S2. The van der Waals surface area contributed by atoms with Gasteiger partial charge in [-0.2, -0.15) is 0 Å². The van der Waals surface area contributed by atoms with E-state index in [0.717, 1.165) is 33.8 Å². The van der Waals surface area contributed by atoms with E-state index in [9.17, 15) is 32.5 Å². The van der Waals surface area contributed by atoms with Gasteiger partial charge in [-0.25, -0.2) is 22.6 Å². The van der Waals surface area contributed by atoms with Gasteiger partial charge in [-0.1, -0.05) is 22.9 Å². The van der Waals surface area contributed by atoms with E-state index in [4.69, 9.17) is 16.3 Å². The lowest BCUT2D eigenvalue weighted by molar-refractivity contribution is -0.384. The van der Waals surface area contributed by atoms with Crippen molar-refractivity contribution in [3.05, 3.63) is 87.2 Å². The molecule has 4 rings (SSSR count). The van der Waals surface area contributed by atoms with Crippen molar-refractivity contribution in [1.82, 2.24) is 4.98 Å². The third kappa shape index (κ3) is 5.72. The molecule has 0 saturated carbocycles. The van der Waals surface area contributed by atoms with Crippen LogP contribution in [0, 0.1) is 15.9 Å². The number of aromatic nitrogens is 1. The van der Waals surface area contributed by atoms with E-state index in [0.29, 0.717) is 10.2 Å². The van der Waals surface area contributed by atoms with Crippen LogP contribution in [0.4, 0.5) is 20.9 Å². The monoisotopic (exact) mass is 578 g/mol. The summed E-state index contributed by atoms with van der Waals surface area (Å²) in [5.41, 5.74) is 0.202. The molecule has 4 aromatic rings. The molecular weight excluding hydrogens is 563 g/mol. The molecule has 0 spiro atoms. The highest BCUT2D eigenvalue weighted by atomic mass is 35.5. The summed E-state index contributed by atoms with van der Waals surface area (Å²) >= 11 is 7.07. The number of benzene rings is 3. The van der Waals surface area contributed by atoms with Crippen molar-refractivity contribution in [3.63, 3.8) is 0 Å². The Hall–Kier alpha value is -4.14. The lowest BCUT2D eigenvalue weighted by atomic mass is 10.2. The third-order valence-electron chi connectivity index (χ3n) is 5.17. The maximum Gasteiger partial charge on any atom is 0.340 e. The standard InChI is InChI=1S/C23H16ClFN4O7S2/c1-28(14-4-2-13(25)3-5-14)38(34,35)16-7-8-18(24)17(11-16)22(31)36-12-21(30)27-23-26-19-9-6-15(29(32)33)10-20(19)37-23/h2-11H,12H2,1H3,(H,26,27,30). The molecule has 1 heterocycles. The van der Waals surface area contributed by atoms with Gasteiger partial charge in [0.2, 0.25) is 0 Å². The summed E-state index contributed by atoms with van der Waals surface area (Å²) in [6.45, 7) is -0.738. The summed E-state index contributed by atoms with van der Waals surface area (Å²) in [6.07, 6.45) is 0. The molecule has 1 aromatic heterocycles. The average molecular weight is 579 g/mol. The van der Waals surface area contributed by atoms with Crippen molar-refractivity contribution in [2.45, 2.75) is 4.90 Å². The maximum atomic E-state index is 13.2. The highest BCUT2D eigenvalue weighted by Crippen LogP contribution is 2.29. The van der Waals surface area contributed by atoms with Gasteiger partial charge >= 0.3 is 5.97 Å². The van der Waals surface area contributed by atoms with Gasteiger partial charge in [0.15, 0.2) is 11.7 Å². The number of amides is 1. The number of rotatable bonds is 8. The number of nitrogens with zero attached hydrogens (tertiary/aromatic N) is 3. The van der Waals surface area contributed by atoms with E-state index in [1.54, 1.807) is 0 Å². The maximum absolute atomic E-state index is 13.2. The van der Waals surface area contributed by atoms with Crippen LogP contribution in [0.2, 0.25) is 5.02 Å². The van der Waals surface area contributed by atoms with Gasteiger partial charge < -0.3 is 4.74 Å². The Morgan fingerprint density at radius 1 is 1.16 bits per heavy atom. The van der Waals surface area contributed by atoms with Crippen LogP contribution in [-0.2, 0) is 19.6 Å². The van der Waals surface area contributed by atoms with Crippen LogP contribution < -0.4 is 9.62 Å². The highest BCUT2D eigenvalue weighted by Gasteiger charge is 2.25. The molecule has 0 unspecified atom stereocenters. The minimum absolute atomic E-state index is 0.105. The number of sulfonamides is 1.